The van der Waals surface area contributed by atoms with E-state index in [2.05, 4.69) is 10.2 Å². The van der Waals surface area contributed by atoms with Crippen LogP contribution in [0.15, 0.2) is 0 Å². The van der Waals surface area contributed by atoms with Gasteiger partial charge in [0.05, 0.1) is 12.1 Å². The Morgan fingerprint density at radius 2 is 2.27 bits per heavy atom. The first kappa shape index (κ1) is 10.6. The molecular weight excluding hydrogens is 192 g/mol. The lowest BCUT2D eigenvalue weighted by Crippen LogP contribution is -2.59. The predicted octanol–water partition coefficient (Wildman–Crippen LogP) is 0.318. The van der Waals surface area contributed by atoms with Gasteiger partial charge in [-0.05, 0) is 19.3 Å². The molecule has 84 valence electrons. The molecule has 1 saturated heterocycles. The molecule has 0 radical (unpaired) electrons. The molecule has 2 rings (SSSR count). The Balaban J connectivity index is 2.11. The van der Waals surface area contributed by atoms with Crippen LogP contribution < -0.4 is 5.32 Å². The van der Waals surface area contributed by atoms with E-state index in [-0.39, 0.29) is 18.0 Å². The van der Waals surface area contributed by atoms with Gasteiger partial charge in [-0.2, -0.15) is 0 Å². The van der Waals surface area contributed by atoms with Crippen LogP contribution in [0.25, 0.3) is 0 Å². The molecule has 2 unspecified atom stereocenters. The van der Waals surface area contributed by atoms with Crippen molar-refractivity contribution >= 4 is 11.7 Å². The second kappa shape index (κ2) is 4.31. The minimum absolute atomic E-state index is 0.0148. The Bertz CT molecular complexity index is 276. The van der Waals surface area contributed by atoms with Crippen molar-refractivity contribution in [3.05, 3.63) is 0 Å². The lowest BCUT2D eigenvalue weighted by atomic mass is 10.1. The van der Waals surface area contributed by atoms with Crippen LogP contribution in [0, 0.1) is 0 Å². The van der Waals surface area contributed by atoms with Crippen LogP contribution in [0.3, 0.4) is 0 Å². The van der Waals surface area contributed by atoms with Gasteiger partial charge in [-0.1, -0.05) is 6.92 Å². The molecule has 0 aromatic carbocycles. The third-order valence-electron chi connectivity index (χ3n) is 3.43. The molecule has 0 spiro atoms. The fourth-order valence-corrected chi connectivity index (χ4v) is 2.67. The highest BCUT2D eigenvalue weighted by atomic mass is 16.2. The molecule has 1 aliphatic heterocycles. The highest BCUT2D eigenvalue weighted by Crippen LogP contribution is 2.24. The summed E-state index contributed by atoms with van der Waals surface area (Å²) in [6.45, 7) is 3.50. The Morgan fingerprint density at radius 3 is 2.87 bits per heavy atom. The van der Waals surface area contributed by atoms with E-state index in [4.69, 9.17) is 0 Å². The highest BCUT2D eigenvalue weighted by Gasteiger charge is 2.38. The van der Waals surface area contributed by atoms with Gasteiger partial charge >= 0.3 is 0 Å². The lowest BCUT2D eigenvalue weighted by molar-refractivity contribution is -0.133. The topological polar surface area (TPSA) is 49.4 Å². The summed E-state index contributed by atoms with van der Waals surface area (Å²) in [5.41, 5.74) is 0. The fraction of sp³-hybridized carbons (Fsp3) is 0.818. The monoisotopic (exact) mass is 210 g/mol. The zero-order valence-electron chi connectivity index (χ0n) is 9.16. The normalized spacial score (nSPS) is 33.1. The van der Waals surface area contributed by atoms with E-state index in [1.807, 2.05) is 6.92 Å². The summed E-state index contributed by atoms with van der Waals surface area (Å²) in [5.74, 6) is 0.409. The van der Waals surface area contributed by atoms with Crippen LogP contribution in [-0.2, 0) is 9.59 Å². The van der Waals surface area contributed by atoms with Gasteiger partial charge in [0.2, 0.25) is 5.91 Å². The molecule has 1 N–H and O–H groups in total. The molecule has 4 nitrogen and oxygen atoms in total. The molecule has 4 heteroatoms. The number of carbonyl (C=O) groups is 2. The molecule has 0 aromatic rings. The first-order valence-corrected chi connectivity index (χ1v) is 5.80. The third-order valence-corrected chi connectivity index (χ3v) is 3.43. The van der Waals surface area contributed by atoms with Crippen LogP contribution in [0.2, 0.25) is 0 Å². The number of carbonyl (C=O) groups excluding carboxylic acids is 2. The SMILES string of the molecule is CCC1C(=O)NCCN1C1CCCC1=O. The second-order valence-electron chi connectivity index (χ2n) is 4.33. The number of Topliss-reactive ketones (excluding diaryl/α,β-unsaturated/α-hetero) is 1. The number of nitrogens with one attached hydrogen (secondary N) is 1. The summed E-state index contributed by atoms with van der Waals surface area (Å²) in [7, 11) is 0. The maximum Gasteiger partial charge on any atom is 0.237 e. The lowest BCUT2D eigenvalue weighted by Gasteiger charge is -2.37. The van der Waals surface area contributed by atoms with Crippen LogP contribution in [-0.4, -0.2) is 41.8 Å². The molecule has 1 saturated carbocycles. The number of ketones is 1. The second-order valence-corrected chi connectivity index (χ2v) is 4.33. The summed E-state index contributed by atoms with van der Waals surface area (Å²) < 4.78 is 0. The largest absolute Gasteiger partial charge is 0.353 e. The number of rotatable bonds is 2. The van der Waals surface area contributed by atoms with Gasteiger partial charge in [0.1, 0.15) is 5.78 Å². The van der Waals surface area contributed by atoms with Gasteiger partial charge in [0.15, 0.2) is 0 Å². The number of piperazine rings is 1. The molecule has 2 aliphatic rings. The Morgan fingerprint density at radius 1 is 1.47 bits per heavy atom. The Labute approximate surface area is 90.0 Å². The van der Waals surface area contributed by atoms with Gasteiger partial charge < -0.3 is 5.32 Å². The molecule has 2 fully saturated rings. The van der Waals surface area contributed by atoms with Crippen LogP contribution in [0.5, 0.6) is 0 Å². The first-order chi connectivity index (χ1) is 7.24. The maximum atomic E-state index is 11.7. The van der Waals surface area contributed by atoms with Crippen molar-refractivity contribution in [1.29, 1.82) is 0 Å². The zero-order chi connectivity index (χ0) is 10.8. The zero-order valence-corrected chi connectivity index (χ0v) is 9.16. The standard InChI is InChI=1S/C11H18N2O2/c1-2-8-11(15)12-6-7-13(8)9-4-3-5-10(9)14/h8-9H,2-7H2,1H3,(H,12,15). The smallest absolute Gasteiger partial charge is 0.237 e. The Hall–Kier alpha value is -0.900. The molecule has 15 heavy (non-hydrogen) atoms. The van der Waals surface area contributed by atoms with Crippen LogP contribution in [0.1, 0.15) is 32.6 Å². The van der Waals surface area contributed by atoms with E-state index < -0.39 is 0 Å². The van der Waals surface area contributed by atoms with Crippen molar-refractivity contribution in [3.63, 3.8) is 0 Å². The van der Waals surface area contributed by atoms with Crippen molar-refractivity contribution < 1.29 is 9.59 Å². The molecule has 1 heterocycles. The minimum Gasteiger partial charge on any atom is -0.353 e. The summed E-state index contributed by atoms with van der Waals surface area (Å²) in [6, 6.07) is -0.0770. The van der Waals surface area contributed by atoms with Gasteiger partial charge in [-0.25, -0.2) is 0 Å². The molecule has 1 aliphatic carbocycles. The van der Waals surface area contributed by atoms with Gasteiger partial charge in [0.25, 0.3) is 0 Å². The van der Waals surface area contributed by atoms with E-state index in [1.54, 1.807) is 0 Å². The highest BCUT2D eigenvalue weighted by molar-refractivity contribution is 5.88. The average Bonchev–Trinajstić information content (AvgIpc) is 2.64. The first-order valence-electron chi connectivity index (χ1n) is 5.80. The van der Waals surface area contributed by atoms with E-state index in [0.29, 0.717) is 18.7 Å². The van der Waals surface area contributed by atoms with E-state index in [0.717, 1.165) is 25.8 Å². The van der Waals surface area contributed by atoms with Gasteiger partial charge in [0, 0.05) is 19.5 Å². The van der Waals surface area contributed by atoms with E-state index in [9.17, 15) is 9.59 Å². The summed E-state index contributed by atoms with van der Waals surface area (Å²) in [5, 5.41) is 2.86. The van der Waals surface area contributed by atoms with Crippen molar-refractivity contribution in [2.45, 2.75) is 44.7 Å². The number of hydrogen-bond donors (Lipinski definition) is 1. The molecule has 2 atom stereocenters. The van der Waals surface area contributed by atoms with E-state index >= 15 is 0 Å². The number of nitrogens with zero attached hydrogens (tertiary/aromatic N) is 1. The molecule has 1 amide bonds. The van der Waals surface area contributed by atoms with E-state index in [1.165, 1.54) is 0 Å². The third kappa shape index (κ3) is 1.91. The quantitative estimate of drug-likeness (QED) is 0.714. The van der Waals surface area contributed by atoms with Gasteiger partial charge in [-0.3, -0.25) is 14.5 Å². The summed E-state index contributed by atoms with van der Waals surface area (Å²) in [4.78, 5) is 25.4. The number of hydrogen-bond acceptors (Lipinski definition) is 3. The molecular formula is C11H18N2O2. The van der Waals surface area contributed by atoms with Crippen molar-refractivity contribution in [2.75, 3.05) is 13.1 Å². The molecule has 0 aromatic heterocycles. The summed E-state index contributed by atoms with van der Waals surface area (Å²) in [6.07, 6.45) is 3.40. The Kier molecular flexibility index (Phi) is 3.05. The minimum atomic E-state index is -0.0919. The fourth-order valence-electron chi connectivity index (χ4n) is 2.67. The number of amides is 1. The van der Waals surface area contributed by atoms with Gasteiger partial charge in [-0.15, -0.1) is 0 Å². The maximum absolute atomic E-state index is 11.7. The predicted molar refractivity (Wildman–Crippen MR) is 56.4 cm³/mol. The van der Waals surface area contributed by atoms with Crippen molar-refractivity contribution in [3.8, 4) is 0 Å². The van der Waals surface area contributed by atoms with Crippen LogP contribution >= 0.6 is 0 Å². The summed E-state index contributed by atoms with van der Waals surface area (Å²) >= 11 is 0. The molecule has 0 bridgehead atoms. The van der Waals surface area contributed by atoms with Crippen LogP contribution in [0.4, 0.5) is 0 Å². The average molecular weight is 210 g/mol. The van der Waals surface area contributed by atoms with Crippen molar-refractivity contribution in [1.82, 2.24) is 10.2 Å². The van der Waals surface area contributed by atoms with Crippen molar-refractivity contribution in [2.24, 2.45) is 0 Å².